The molecule has 0 aromatic carbocycles. The van der Waals surface area contributed by atoms with Gasteiger partial charge in [0.05, 0.1) is 6.07 Å². The van der Waals surface area contributed by atoms with Gasteiger partial charge < -0.3 is 5.32 Å². The van der Waals surface area contributed by atoms with Crippen molar-refractivity contribution in [3.63, 3.8) is 0 Å². The summed E-state index contributed by atoms with van der Waals surface area (Å²) in [5.41, 5.74) is 1.59. The molecule has 3 heteroatoms. The van der Waals surface area contributed by atoms with Crippen LogP contribution >= 0.6 is 11.3 Å². The van der Waals surface area contributed by atoms with Gasteiger partial charge in [0.2, 0.25) is 0 Å². The van der Waals surface area contributed by atoms with Crippen LogP contribution in [0.15, 0.2) is 6.07 Å². The minimum atomic E-state index is 0.689. The molecule has 0 bridgehead atoms. The number of thiophene rings is 1. The predicted octanol–water partition coefficient (Wildman–Crippen LogP) is 3.02. The molecule has 2 rings (SSSR count). The van der Waals surface area contributed by atoms with Crippen LogP contribution < -0.4 is 5.32 Å². The van der Waals surface area contributed by atoms with Gasteiger partial charge in [0.1, 0.15) is 0 Å². The molecule has 2 nitrogen and oxygen atoms in total. The van der Waals surface area contributed by atoms with E-state index in [2.05, 4.69) is 17.5 Å². The molecule has 86 valence electrons. The van der Waals surface area contributed by atoms with Crippen LogP contribution in [0.1, 0.15) is 41.0 Å². The van der Waals surface area contributed by atoms with Gasteiger partial charge in [-0.2, -0.15) is 5.26 Å². The van der Waals surface area contributed by atoms with Crippen LogP contribution in [0.5, 0.6) is 0 Å². The SMILES string of the molecule is N#CCCCCNCc1cc2c(s1)CCC2. The number of hydrogen-bond acceptors (Lipinski definition) is 3. The zero-order chi connectivity index (χ0) is 11.2. The molecule has 1 aliphatic rings. The standard InChI is InChI=1S/C13H18N2S/c14-7-2-1-3-8-15-10-12-9-11-5-4-6-13(11)16-12/h9,15H,1-6,8,10H2. The normalized spacial score (nSPS) is 13.7. The highest BCUT2D eigenvalue weighted by Gasteiger charge is 2.14. The Balaban J connectivity index is 1.64. The molecule has 0 fully saturated rings. The third-order valence-corrected chi connectivity index (χ3v) is 4.23. The van der Waals surface area contributed by atoms with Crippen LogP contribution in [0.2, 0.25) is 0 Å². The van der Waals surface area contributed by atoms with Gasteiger partial charge in [0.15, 0.2) is 0 Å². The van der Waals surface area contributed by atoms with E-state index in [4.69, 9.17) is 5.26 Å². The van der Waals surface area contributed by atoms with Crippen LogP contribution in [0.25, 0.3) is 0 Å². The lowest BCUT2D eigenvalue weighted by Gasteiger charge is -2.01. The van der Waals surface area contributed by atoms with Gasteiger partial charge in [-0.25, -0.2) is 0 Å². The molecule has 0 aliphatic heterocycles. The maximum absolute atomic E-state index is 8.40. The topological polar surface area (TPSA) is 35.8 Å². The van der Waals surface area contributed by atoms with E-state index in [1.807, 2.05) is 11.3 Å². The van der Waals surface area contributed by atoms with E-state index in [0.717, 1.165) is 25.9 Å². The predicted molar refractivity (Wildman–Crippen MR) is 67.5 cm³/mol. The molecule has 1 aliphatic carbocycles. The van der Waals surface area contributed by atoms with Gasteiger partial charge in [-0.1, -0.05) is 0 Å². The maximum atomic E-state index is 8.40. The molecule has 1 aromatic heterocycles. The van der Waals surface area contributed by atoms with Crippen molar-refractivity contribution in [1.29, 1.82) is 5.26 Å². The summed E-state index contributed by atoms with van der Waals surface area (Å²) in [4.78, 5) is 3.09. The molecule has 0 saturated heterocycles. The first-order valence-corrected chi connectivity index (χ1v) is 6.90. The van der Waals surface area contributed by atoms with Gasteiger partial charge in [0.25, 0.3) is 0 Å². The number of hydrogen-bond donors (Lipinski definition) is 1. The van der Waals surface area contributed by atoms with Crippen molar-refractivity contribution in [1.82, 2.24) is 5.32 Å². The second kappa shape index (κ2) is 6.03. The fourth-order valence-electron chi connectivity index (χ4n) is 2.14. The van der Waals surface area contributed by atoms with Crippen LogP contribution in [-0.4, -0.2) is 6.54 Å². The maximum Gasteiger partial charge on any atom is 0.0621 e. The molecule has 1 N–H and O–H groups in total. The van der Waals surface area contributed by atoms with Gasteiger partial charge >= 0.3 is 0 Å². The molecular formula is C13H18N2S. The van der Waals surface area contributed by atoms with E-state index in [9.17, 15) is 0 Å². The molecule has 0 saturated carbocycles. The number of nitrogens with zero attached hydrogens (tertiary/aromatic N) is 1. The highest BCUT2D eigenvalue weighted by Crippen LogP contribution is 2.30. The van der Waals surface area contributed by atoms with Crippen LogP contribution in [0.3, 0.4) is 0 Å². The highest BCUT2D eigenvalue weighted by molar-refractivity contribution is 7.12. The second-order valence-corrected chi connectivity index (χ2v) is 5.53. The fourth-order valence-corrected chi connectivity index (χ4v) is 3.37. The minimum Gasteiger partial charge on any atom is -0.312 e. The third-order valence-electron chi connectivity index (χ3n) is 2.99. The Labute approximate surface area is 101 Å². The quantitative estimate of drug-likeness (QED) is 0.768. The van der Waals surface area contributed by atoms with Crippen molar-refractivity contribution < 1.29 is 0 Å². The molecule has 0 amide bonds. The van der Waals surface area contributed by atoms with Crippen LogP contribution in [0.4, 0.5) is 0 Å². The molecule has 1 heterocycles. The summed E-state index contributed by atoms with van der Waals surface area (Å²) in [6, 6.07) is 4.55. The number of nitriles is 1. The van der Waals surface area contributed by atoms with Gasteiger partial charge in [-0.3, -0.25) is 0 Å². The van der Waals surface area contributed by atoms with E-state index in [1.54, 1.807) is 10.4 Å². The summed E-state index contributed by atoms with van der Waals surface area (Å²) in [7, 11) is 0. The first kappa shape index (κ1) is 11.6. The van der Waals surface area contributed by atoms with Crippen molar-refractivity contribution in [2.45, 2.75) is 45.1 Å². The number of fused-ring (bicyclic) bond motifs is 1. The van der Waals surface area contributed by atoms with Crippen molar-refractivity contribution in [2.75, 3.05) is 6.54 Å². The summed E-state index contributed by atoms with van der Waals surface area (Å²) in [5.74, 6) is 0. The first-order valence-electron chi connectivity index (χ1n) is 6.08. The van der Waals surface area contributed by atoms with Crippen molar-refractivity contribution in [2.24, 2.45) is 0 Å². The lowest BCUT2D eigenvalue weighted by molar-refractivity contribution is 0.632. The second-order valence-electron chi connectivity index (χ2n) is 4.31. The van der Waals surface area contributed by atoms with E-state index in [1.165, 1.54) is 24.1 Å². The number of nitrogens with one attached hydrogen (secondary N) is 1. The van der Waals surface area contributed by atoms with Gasteiger partial charge in [-0.15, -0.1) is 11.3 Å². The van der Waals surface area contributed by atoms with Crippen molar-refractivity contribution in [3.05, 3.63) is 21.4 Å². The summed E-state index contributed by atoms with van der Waals surface area (Å²) in [6.45, 7) is 2.04. The van der Waals surface area contributed by atoms with E-state index in [-0.39, 0.29) is 0 Å². The zero-order valence-corrected chi connectivity index (χ0v) is 10.4. The molecule has 16 heavy (non-hydrogen) atoms. The Kier molecular flexibility index (Phi) is 4.38. The Morgan fingerprint density at radius 2 is 2.31 bits per heavy atom. The Hall–Kier alpha value is -0.850. The molecule has 0 radical (unpaired) electrons. The smallest absolute Gasteiger partial charge is 0.0621 e. The van der Waals surface area contributed by atoms with Gasteiger partial charge in [0, 0.05) is 22.7 Å². The summed E-state index contributed by atoms with van der Waals surface area (Å²) >= 11 is 1.98. The summed E-state index contributed by atoms with van der Waals surface area (Å²) < 4.78 is 0. The largest absolute Gasteiger partial charge is 0.312 e. The number of unbranched alkanes of at least 4 members (excludes halogenated alkanes) is 2. The number of aryl methyl sites for hydroxylation is 2. The lowest BCUT2D eigenvalue weighted by Crippen LogP contribution is -2.13. The van der Waals surface area contributed by atoms with Gasteiger partial charge in [-0.05, 0) is 50.3 Å². The van der Waals surface area contributed by atoms with E-state index in [0.29, 0.717) is 6.42 Å². The zero-order valence-electron chi connectivity index (χ0n) is 9.59. The van der Waals surface area contributed by atoms with Crippen molar-refractivity contribution >= 4 is 11.3 Å². The monoisotopic (exact) mass is 234 g/mol. The Morgan fingerprint density at radius 1 is 1.38 bits per heavy atom. The molecule has 0 atom stereocenters. The Bertz CT molecular complexity index is 354. The fraction of sp³-hybridized carbons (Fsp3) is 0.615. The molecular weight excluding hydrogens is 216 g/mol. The van der Waals surface area contributed by atoms with Crippen LogP contribution in [0, 0.1) is 11.3 Å². The van der Waals surface area contributed by atoms with E-state index >= 15 is 0 Å². The molecule has 0 unspecified atom stereocenters. The molecule has 1 aromatic rings. The van der Waals surface area contributed by atoms with Crippen LogP contribution in [-0.2, 0) is 19.4 Å². The average Bonchev–Trinajstić information content (AvgIpc) is 2.83. The average molecular weight is 234 g/mol. The van der Waals surface area contributed by atoms with Crippen molar-refractivity contribution in [3.8, 4) is 6.07 Å². The highest BCUT2D eigenvalue weighted by atomic mass is 32.1. The Morgan fingerprint density at radius 3 is 3.12 bits per heavy atom. The third kappa shape index (κ3) is 3.07. The summed E-state index contributed by atoms with van der Waals surface area (Å²) in [6.07, 6.45) is 6.75. The lowest BCUT2D eigenvalue weighted by atomic mass is 10.2. The van der Waals surface area contributed by atoms with E-state index < -0.39 is 0 Å². The molecule has 0 spiro atoms. The summed E-state index contributed by atoms with van der Waals surface area (Å²) in [5, 5.41) is 11.8. The minimum absolute atomic E-state index is 0.689. The first-order chi connectivity index (χ1) is 7.90. The number of rotatable bonds is 6.